The van der Waals surface area contributed by atoms with E-state index >= 15 is 0 Å². The van der Waals surface area contributed by atoms with Gasteiger partial charge in [-0.3, -0.25) is 0 Å². The molecule has 0 unspecified atom stereocenters. The number of nitrogens with zero attached hydrogens (tertiary/aromatic N) is 1. The minimum Gasteiger partial charge on any atom is -0.311 e. The van der Waals surface area contributed by atoms with E-state index in [1.54, 1.807) is 24.3 Å². The molecule has 0 bridgehead atoms. The van der Waals surface area contributed by atoms with Gasteiger partial charge in [0.05, 0.1) is 11.0 Å². The SMILES string of the molecule is [2H]c1c([2H])c(N(c2ccc(-c3ccc4ccccc4c3-c3ccccc3)cc2)c2c([2H])c([2H])c(-c3cc4ccccc4c4ccccc34)c([2H])c2[2H])c([2H])c([2H])c1-c1ccc(-c2ccccc2)cc1. The van der Waals surface area contributed by atoms with Gasteiger partial charge in [0.25, 0.3) is 0 Å². The molecular weight excluding hydrogens is 735 g/mol. The molecule has 11 aromatic carbocycles. The Bertz CT molecular complexity index is 3740. The van der Waals surface area contributed by atoms with Gasteiger partial charge in [0.2, 0.25) is 0 Å². The van der Waals surface area contributed by atoms with E-state index in [-0.39, 0.29) is 46.7 Å². The van der Waals surface area contributed by atoms with E-state index in [9.17, 15) is 11.0 Å². The standard InChI is InChI=1S/C60H41N/c1-3-13-42(14-4-1)43-23-25-44(26-24-43)45-27-34-51(35-28-45)61(53-38-31-48(32-39-53)59-41-50-18-8-9-19-54(50)57-21-11-12-22-58(57)59)52-36-29-47(30-37-52)56-40-33-46-15-7-10-20-55(46)60(56)49-16-5-2-6-17-49/h1-41H/i27D,28D,31D,32D,34D,35D,38D,39D. The van der Waals surface area contributed by atoms with Crippen LogP contribution in [0.2, 0.25) is 0 Å². The van der Waals surface area contributed by atoms with Gasteiger partial charge in [0, 0.05) is 17.1 Å². The van der Waals surface area contributed by atoms with Crippen LogP contribution < -0.4 is 4.90 Å². The molecule has 61 heavy (non-hydrogen) atoms. The lowest BCUT2D eigenvalue weighted by atomic mass is 9.90. The quantitative estimate of drug-likeness (QED) is 0.139. The van der Waals surface area contributed by atoms with Gasteiger partial charge in [-0.05, 0) is 130 Å². The van der Waals surface area contributed by atoms with E-state index in [1.807, 2.05) is 140 Å². The number of rotatable bonds is 8. The molecule has 0 saturated carbocycles. The fourth-order valence-corrected chi connectivity index (χ4v) is 8.42. The zero-order chi connectivity index (χ0) is 47.5. The largest absolute Gasteiger partial charge is 0.311 e. The maximum atomic E-state index is 9.77. The zero-order valence-electron chi connectivity index (χ0n) is 41.0. The van der Waals surface area contributed by atoms with E-state index in [4.69, 9.17) is 0 Å². The fourth-order valence-electron chi connectivity index (χ4n) is 8.42. The van der Waals surface area contributed by atoms with E-state index < -0.39 is 24.2 Å². The molecule has 1 heteroatoms. The van der Waals surface area contributed by atoms with Crippen molar-refractivity contribution in [3.05, 3.63) is 249 Å². The highest BCUT2D eigenvalue weighted by molar-refractivity contribution is 6.14. The van der Waals surface area contributed by atoms with Gasteiger partial charge in [0.15, 0.2) is 0 Å². The Morgan fingerprint density at radius 1 is 0.262 bits per heavy atom. The lowest BCUT2D eigenvalue weighted by molar-refractivity contribution is 1.28. The van der Waals surface area contributed by atoms with Gasteiger partial charge >= 0.3 is 0 Å². The third-order valence-corrected chi connectivity index (χ3v) is 11.4. The van der Waals surface area contributed by atoms with Crippen molar-refractivity contribution in [1.29, 1.82) is 0 Å². The summed E-state index contributed by atoms with van der Waals surface area (Å²) in [5, 5.41) is 5.73. The van der Waals surface area contributed by atoms with Crippen LogP contribution in [0.5, 0.6) is 0 Å². The summed E-state index contributed by atoms with van der Waals surface area (Å²) in [6.07, 6.45) is 0. The van der Waals surface area contributed by atoms with Crippen LogP contribution >= 0.6 is 0 Å². The van der Waals surface area contributed by atoms with Crippen LogP contribution in [0.4, 0.5) is 17.1 Å². The topological polar surface area (TPSA) is 3.24 Å². The average molecular weight is 784 g/mol. The van der Waals surface area contributed by atoms with Crippen molar-refractivity contribution in [2.75, 3.05) is 4.90 Å². The van der Waals surface area contributed by atoms with E-state index in [0.717, 1.165) is 65.7 Å². The molecule has 11 rings (SSSR count). The van der Waals surface area contributed by atoms with Gasteiger partial charge in [-0.15, -0.1) is 0 Å². The molecule has 1 nitrogen and oxygen atoms in total. The molecule has 0 aromatic heterocycles. The van der Waals surface area contributed by atoms with Gasteiger partial charge in [-0.25, -0.2) is 0 Å². The summed E-state index contributed by atoms with van der Waals surface area (Å²) in [7, 11) is 0. The van der Waals surface area contributed by atoms with Crippen molar-refractivity contribution < 1.29 is 11.0 Å². The first-order chi connectivity index (χ1) is 33.6. The molecule has 0 N–H and O–H groups in total. The Morgan fingerprint density at radius 2 is 0.738 bits per heavy atom. The fraction of sp³-hybridized carbons (Fsp3) is 0. The third kappa shape index (κ3) is 6.83. The highest BCUT2D eigenvalue weighted by atomic mass is 15.1. The highest BCUT2D eigenvalue weighted by Crippen LogP contribution is 2.42. The lowest BCUT2D eigenvalue weighted by Crippen LogP contribution is -2.09. The Morgan fingerprint density at radius 3 is 1.39 bits per heavy atom. The first-order valence-corrected chi connectivity index (χ1v) is 20.4. The monoisotopic (exact) mass is 783 g/mol. The summed E-state index contributed by atoms with van der Waals surface area (Å²) in [5.74, 6) is 0. The van der Waals surface area contributed by atoms with Crippen molar-refractivity contribution in [2.45, 2.75) is 0 Å². The van der Waals surface area contributed by atoms with Crippen molar-refractivity contribution >= 4 is 49.4 Å². The van der Waals surface area contributed by atoms with Crippen molar-refractivity contribution in [3.8, 4) is 55.6 Å². The smallest absolute Gasteiger partial charge is 0.0645 e. The van der Waals surface area contributed by atoms with Gasteiger partial charge in [-0.1, -0.05) is 206 Å². The number of benzene rings is 11. The minimum absolute atomic E-state index is 0.103. The summed E-state index contributed by atoms with van der Waals surface area (Å²) in [6.45, 7) is 0. The Balaban J connectivity index is 1.12. The Hall–Kier alpha value is -8.00. The van der Waals surface area contributed by atoms with Gasteiger partial charge in [0.1, 0.15) is 0 Å². The molecular formula is C60H41N. The van der Waals surface area contributed by atoms with E-state index in [1.165, 1.54) is 4.90 Å². The van der Waals surface area contributed by atoms with Crippen molar-refractivity contribution in [2.24, 2.45) is 0 Å². The summed E-state index contributed by atoms with van der Waals surface area (Å²) < 4.78 is 77.1. The third-order valence-electron chi connectivity index (χ3n) is 11.4. The minimum atomic E-state index is -0.399. The molecule has 0 fully saturated rings. The van der Waals surface area contributed by atoms with Crippen molar-refractivity contribution in [1.82, 2.24) is 0 Å². The molecule has 0 amide bonds. The normalized spacial score (nSPS) is 13.1. The maximum absolute atomic E-state index is 9.77. The van der Waals surface area contributed by atoms with Crippen LogP contribution in [0.25, 0.3) is 88.0 Å². The number of hydrogen-bond acceptors (Lipinski definition) is 1. The lowest BCUT2D eigenvalue weighted by Gasteiger charge is -2.26. The van der Waals surface area contributed by atoms with Gasteiger partial charge < -0.3 is 4.90 Å². The van der Waals surface area contributed by atoms with Crippen LogP contribution in [-0.2, 0) is 0 Å². The van der Waals surface area contributed by atoms with E-state index in [0.29, 0.717) is 16.8 Å². The predicted molar refractivity (Wildman–Crippen MR) is 261 cm³/mol. The molecule has 286 valence electrons. The second-order valence-corrected chi connectivity index (χ2v) is 15.0. The molecule has 0 saturated heterocycles. The second-order valence-electron chi connectivity index (χ2n) is 15.0. The molecule has 0 aliphatic heterocycles. The molecule has 0 aliphatic carbocycles. The Kier molecular flexibility index (Phi) is 7.29. The Labute approximate surface area is 368 Å². The first kappa shape index (κ1) is 28.4. The molecule has 0 spiro atoms. The molecule has 0 atom stereocenters. The highest BCUT2D eigenvalue weighted by Gasteiger charge is 2.17. The predicted octanol–water partition coefficient (Wildman–Crippen LogP) is 17.0. The summed E-state index contributed by atoms with van der Waals surface area (Å²) in [5.41, 5.74) is 7.00. The number of hydrogen-bond donors (Lipinski definition) is 0. The van der Waals surface area contributed by atoms with Crippen LogP contribution in [0.1, 0.15) is 11.0 Å². The van der Waals surface area contributed by atoms with Crippen LogP contribution in [0, 0.1) is 0 Å². The summed E-state index contributed by atoms with van der Waals surface area (Å²) in [6, 6.07) is 61.8. The van der Waals surface area contributed by atoms with Crippen LogP contribution in [0.15, 0.2) is 249 Å². The molecule has 0 heterocycles. The first-order valence-electron chi connectivity index (χ1n) is 24.4. The number of fused-ring (bicyclic) bond motifs is 4. The summed E-state index contributed by atoms with van der Waals surface area (Å²) >= 11 is 0. The zero-order valence-corrected chi connectivity index (χ0v) is 33.0. The average Bonchev–Trinajstić information content (AvgIpc) is 3.40. The molecule has 0 radical (unpaired) electrons. The maximum Gasteiger partial charge on any atom is 0.0645 e. The van der Waals surface area contributed by atoms with Crippen LogP contribution in [0.3, 0.4) is 0 Å². The van der Waals surface area contributed by atoms with Gasteiger partial charge in [-0.2, -0.15) is 0 Å². The van der Waals surface area contributed by atoms with Crippen molar-refractivity contribution in [3.63, 3.8) is 0 Å². The second kappa shape index (κ2) is 15.6. The van der Waals surface area contributed by atoms with Crippen LogP contribution in [-0.4, -0.2) is 0 Å². The van der Waals surface area contributed by atoms with E-state index in [2.05, 4.69) is 36.4 Å². The molecule has 0 aliphatic rings. The number of anilines is 3. The molecule has 11 aromatic rings. The summed E-state index contributed by atoms with van der Waals surface area (Å²) in [4.78, 5) is 1.37.